The third-order valence-electron chi connectivity index (χ3n) is 6.16. The molecule has 0 amide bonds. The van der Waals surface area contributed by atoms with Gasteiger partial charge in [0.05, 0.1) is 16.4 Å². The summed E-state index contributed by atoms with van der Waals surface area (Å²) >= 11 is 5.93. The number of halogens is 2. The summed E-state index contributed by atoms with van der Waals surface area (Å²) in [6, 6.07) is 11.5. The van der Waals surface area contributed by atoms with Gasteiger partial charge in [0.1, 0.15) is 28.0 Å². The van der Waals surface area contributed by atoms with Crippen LogP contribution >= 0.6 is 11.6 Å². The first kappa shape index (κ1) is 22.3. The summed E-state index contributed by atoms with van der Waals surface area (Å²) in [6.07, 6.45) is 1.70. The van der Waals surface area contributed by atoms with Crippen LogP contribution in [0.2, 0.25) is 5.02 Å². The summed E-state index contributed by atoms with van der Waals surface area (Å²) < 4.78 is 44.7. The number of carbonyl (C=O) groups excluding carboxylic acids is 2. The molecule has 3 aromatic rings. The topological polar surface area (TPSA) is 124 Å². The van der Waals surface area contributed by atoms with Crippen molar-refractivity contribution in [1.29, 1.82) is 0 Å². The van der Waals surface area contributed by atoms with E-state index in [2.05, 4.69) is 9.71 Å². The van der Waals surface area contributed by atoms with Gasteiger partial charge in [0.15, 0.2) is 11.6 Å². The van der Waals surface area contributed by atoms with Gasteiger partial charge in [-0.25, -0.2) is 4.39 Å². The summed E-state index contributed by atoms with van der Waals surface area (Å²) in [5.41, 5.74) is 5.62. The van der Waals surface area contributed by atoms with E-state index in [4.69, 9.17) is 17.3 Å². The molecule has 174 valence electrons. The molecular weight excluding hydrogens is 483 g/mol. The minimum Gasteiger partial charge on any atom is -0.399 e. The number of amidine groups is 1. The van der Waals surface area contributed by atoms with E-state index in [0.717, 1.165) is 0 Å². The minimum atomic E-state index is -4.21. The predicted octanol–water partition coefficient (Wildman–Crippen LogP) is 3.42. The number of nitrogens with one attached hydrogen (secondary N) is 1. The van der Waals surface area contributed by atoms with E-state index in [-0.39, 0.29) is 39.2 Å². The third kappa shape index (κ3) is 3.33. The second-order valence-electron chi connectivity index (χ2n) is 8.46. The standard InChI is InChI=1S/C23H18ClFN4O4S/c1-23(11-12-4-6-15(25)14(24)9-12)21(31)19(20(30)17-3-2-8-29(17)23)22-27-16-7-5-13(26)10-18(16)34(32,33)28-22/h2-10,19H,11,26H2,1H3,(H,27,28). The van der Waals surface area contributed by atoms with Gasteiger partial charge >= 0.3 is 0 Å². The van der Waals surface area contributed by atoms with E-state index < -0.39 is 38.9 Å². The highest BCUT2D eigenvalue weighted by molar-refractivity contribution is 7.90. The lowest BCUT2D eigenvalue weighted by atomic mass is 9.76. The van der Waals surface area contributed by atoms with Crippen molar-refractivity contribution in [3.63, 3.8) is 0 Å². The van der Waals surface area contributed by atoms with Crippen molar-refractivity contribution >= 4 is 50.4 Å². The van der Waals surface area contributed by atoms with Crippen molar-refractivity contribution in [3.8, 4) is 0 Å². The fourth-order valence-corrected chi connectivity index (χ4v) is 5.89. The molecule has 2 aromatic carbocycles. The van der Waals surface area contributed by atoms with E-state index in [1.54, 1.807) is 29.8 Å². The Morgan fingerprint density at radius 1 is 1.21 bits per heavy atom. The third-order valence-corrected chi connectivity index (χ3v) is 7.78. The van der Waals surface area contributed by atoms with Crippen LogP contribution in [0.5, 0.6) is 0 Å². The molecule has 2 aliphatic rings. The molecule has 34 heavy (non-hydrogen) atoms. The lowest BCUT2D eigenvalue weighted by molar-refractivity contribution is -0.128. The minimum absolute atomic E-state index is 0.0877. The zero-order valence-corrected chi connectivity index (χ0v) is 19.3. The summed E-state index contributed by atoms with van der Waals surface area (Å²) in [7, 11) is -4.21. The lowest BCUT2D eigenvalue weighted by Gasteiger charge is -2.39. The van der Waals surface area contributed by atoms with Gasteiger partial charge < -0.3 is 15.6 Å². The molecule has 3 heterocycles. The van der Waals surface area contributed by atoms with Crippen LogP contribution in [0.3, 0.4) is 0 Å². The normalized spacial score (nSPS) is 23.0. The smallest absolute Gasteiger partial charge is 0.286 e. The van der Waals surface area contributed by atoms with Crippen molar-refractivity contribution < 1.29 is 22.4 Å². The van der Waals surface area contributed by atoms with Crippen molar-refractivity contribution in [2.45, 2.75) is 23.8 Å². The fourth-order valence-electron chi connectivity index (χ4n) is 4.50. The highest BCUT2D eigenvalue weighted by Crippen LogP contribution is 2.38. The molecule has 0 radical (unpaired) electrons. The number of nitrogens with zero attached hydrogens (tertiary/aromatic N) is 2. The maximum Gasteiger partial charge on any atom is 0.286 e. The molecule has 3 N–H and O–H groups in total. The van der Waals surface area contributed by atoms with Gasteiger partial charge in [-0.15, -0.1) is 4.40 Å². The second-order valence-corrected chi connectivity index (χ2v) is 10.4. The molecule has 1 aromatic heterocycles. The van der Waals surface area contributed by atoms with Crippen LogP contribution in [0, 0.1) is 11.7 Å². The van der Waals surface area contributed by atoms with Gasteiger partial charge in [0.25, 0.3) is 10.0 Å². The van der Waals surface area contributed by atoms with Gasteiger partial charge in [-0.2, -0.15) is 8.42 Å². The molecule has 8 nitrogen and oxygen atoms in total. The van der Waals surface area contributed by atoms with E-state index in [1.807, 2.05) is 0 Å². The predicted molar refractivity (Wildman–Crippen MR) is 125 cm³/mol. The van der Waals surface area contributed by atoms with Crippen molar-refractivity contribution in [1.82, 2.24) is 4.57 Å². The Hall–Kier alpha value is -3.50. The Balaban J connectivity index is 1.62. The van der Waals surface area contributed by atoms with E-state index >= 15 is 0 Å². The van der Waals surface area contributed by atoms with Crippen LogP contribution < -0.4 is 11.1 Å². The summed E-state index contributed by atoms with van der Waals surface area (Å²) in [6.45, 7) is 1.64. The quantitative estimate of drug-likeness (QED) is 0.419. The maximum absolute atomic E-state index is 13.9. The highest BCUT2D eigenvalue weighted by atomic mass is 35.5. The molecule has 5 rings (SSSR count). The number of nitrogens with two attached hydrogens (primary N) is 1. The Kier molecular flexibility index (Phi) is 4.92. The highest BCUT2D eigenvalue weighted by Gasteiger charge is 2.51. The first-order valence-corrected chi connectivity index (χ1v) is 12.0. The number of rotatable bonds is 3. The number of hydrogen-bond acceptors (Lipinski definition) is 6. The summed E-state index contributed by atoms with van der Waals surface area (Å²) in [4.78, 5) is 27.1. The van der Waals surface area contributed by atoms with E-state index in [1.165, 1.54) is 36.4 Å². The van der Waals surface area contributed by atoms with E-state index in [9.17, 15) is 22.4 Å². The molecule has 2 aliphatic heterocycles. The van der Waals surface area contributed by atoms with Gasteiger partial charge in [0.2, 0.25) is 0 Å². The molecule has 2 atom stereocenters. The first-order valence-electron chi connectivity index (χ1n) is 10.2. The molecular formula is C23H18ClFN4O4S. The molecule has 0 saturated carbocycles. The zero-order chi connectivity index (χ0) is 24.4. The number of benzene rings is 2. The van der Waals surface area contributed by atoms with Crippen molar-refractivity contribution in [2.24, 2.45) is 10.3 Å². The molecule has 2 unspecified atom stereocenters. The average Bonchev–Trinajstić information content (AvgIpc) is 3.27. The van der Waals surface area contributed by atoms with Gasteiger partial charge in [-0.1, -0.05) is 17.7 Å². The monoisotopic (exact) mass is 500 g/mol. The van der Waals surface area contributed by atoms with Gasteiger partial charge in [-0.3, -0.25) is 9.59 Å². The van der Waals surface area contributed by atoms with Crippen LogP contribution in [-0.2, 0) is 26.8 Å². The van der Waals surface area contributed by atoms with Gasteiger partial charge in [-0.05, 0) is 55.0 Å². The van der Waals surface area contributed by atoms with Crippen LogP contribution in [0.25, 0.3) is 0 Å². The number of fused-ring (bicyclic) bond motifs is 2. The number of nitrogen functional groups attached to an aromatic ring is 1. The summed E-state index contributed by atoms with van der Waals surface area (Å²) in [5, 5.41) is 2.75. The summed E-state index contributed by atoms with van der Waals surface area (Å²) in [5.74, 6) is -3.48. The largest absolute Gasteiger partial charge is 0.399 e. The molecule has 0 bridgehead atoms. The molecule has 0 fully saturated rings. The maximum atomic E-state index is 13.9. The van der Waals surface area contributed by atoms with Crippen LogP contribution in [0.1, 0.15) is 23.0 Å². The van der Waals surface area contributed by atoms with E-state index in [0.29, 0.717) is 5.56 Å². The Morgan fingerprint density at radius 2 is 1.97 bits per heavy atom. The number of carbonyl (C=O) groups is 2. The fraction of sp³-hybridized carbons (Fsp3) is 0.174. The lowest BCUT2D eigenvalue weighted by Crippen LogP contribution is -2.55. The first-order chi connectivity index (χ1) is 16.0. The number of Topliss-reactive ketones (excluding diaryl/α,β-unsaturated/α-hetero) is 2. The Labute approximate surface area is 199 Å². The zero-order valence-electron chi connectivity index (χ0n) is 17.7. The number of sulfonamides is 1. The number of anilines is 2. The number of hydrogen-bond donors (Lipinski definition) is 2. The Bertz CT molecular complexity index is 1530. The average molecular weight is 501 g/mol. The van der Waals surface area contributed by atoms with Crippen molar-refractivity contribution in [3.05, 3.63) is 76.8 Å². The molecule has 0 aliphatic carbocycles. The Morgan fingerprint density at radius 3 is 2.71 bits per heavy atom. The van der Waals surface area contributed by atoms with Gasteiger partial charge in [0, 0.05) is 18.3 Å². The molecule has 11 heteroatoms. The number of aromatic nitrogens is 1. The second kappa shape index (κ2) is 7.51. The molecule has 0 saturated heterocycles. The SMILES string of the molecule is CC1(Cc2ccc(F)c(Cl)c2)C(=O)C(C2=NS(=O)(=O)c3cc(N)ccc3N2)C(=O)c2cccn21. The number of ketones is 2. The van der Waals surface area contributed by atoms with Crippen molar-refractivity contribution in [2.75, 3.05) is 11.1 Å². The molecule has 0 spiro atoms. The van der Waals surface area contributed by atoms with Crippen LogP contribution in [-0.4, -0.2) is 30.4 Å². The van der Waals surface area contributed by atoms with Crippen LogP contribution in [0.4, 0.5) is 15.8 Å². The van der Waals surface area contributed by atoms with Crippen LogP contribution in [0.15, 0.2) is 64.0 Å².